The third-order valence-electron chi connectivity index (χ3n) is 3.73. The van der Waals surface area contributed by atoms with Crippen LogP contribution in [0.3, 0.4) is 0 Å². The third-order valence-corrected chi connectivity index (χ3v) is 3.73. The van der Waals surface area contributed by atoms with Crippen LogP contribution in [-0.2, 0) is 11.2 Å². The van der Waals surface area contributed by atoms with Gasteiger partial charge in [0.05, 0.1) is 13.2 Å². The van der Waals surface area contributed by atoms with Gasteiger partial charge < -0.3 is 15.2 Å². The van der Waals surface area contributed by atoms with Crippen LogP contribution in [0.4, 0.5) is 0 Å². The lowest BCUT2D eigenvalue weighted by molar-refractivity contribution is 0.106. The number of nitrogens with two attached hydrogens (primary N) is 1. The van der Waals surface area contributed by atoms with Gasteiger partial charge in [0, 0.05) is 6.54 Å². The second-order valence-electron chi connectivity index (χ2n) is 5.77. The largest absolute Gasteiger partial charge is 0.491 e. The minimum absolute atomic E-state index is 0.563. The molecule has 3 nitrogen and oxygen atoms in total. The number of aryl methyl sites for hydroxylation is 1. The number of unbranched alkanes of at least 4 members (excludes halogenated alkanes) is 6. The molecule has 1 aromatic rings. The van der Waals surface area contributed by atoms with E-state index in [1.54, 1.807) is 0 Å². The highest BCUT2D eigenvalue weighted by Crippen LogP contribution is 2.16. The Morgan fingerprint density at radius 2 is 1.68 bits per heavy atom. The van der Waals surface area contributed by atoms with Crippen molar-refractivity contribution >= 4 is 0 Å². The molecule has 0 aromatic heterocycles. The Kier molecular flexibility index (Phi) is 11.7. The Labute approximate surface area is 136 Å². The summed E-state index contributed by atoms with van der Waals surface area (Å²) in [5.41, 5.74) is 6.74. The molecule has 0 amide bonds. The van der Waals surface area contributed by atoms with Gasteiger partial charge in [0.25, 0.3) is 0 Å². The van der Waals surface area contributed by atoms with Gasteiger partial charge in [0.15, 0.2) is 0 Å². The van der Waals surface area contributed by atoms with Crippen molar-refractivity contribution in [3.05, 3.63) is 29.8 Å². The second kappa shape index (κ2) is 13.6. The summed E-state index contributed by atoms with van der Waals surface area (Å²) in [6.07, 6.45) is 10.6. The maximum Gasteiger partial charge on any atom is 0.119 e. The zero-order valence-corrected chi connectivity index (χ0v) is 14.2. The van der Waals surface area contributed by atoms with Gasteiger partial charge in [-0.1, -0.05) is 57.6 Å². The molecule has 0 spiro atoms. The fraction of sp³-hybridized carbons (Fsp3) is 0.684. The van der Waals surface area contributed by atoms with Crippen molar-refractivity contribution < 1.29 is 9.47 Å². The minimum Gasteiger partial charge on any atom is -0.491 e. The van der Waals surface area contributed by atoms with Crippen LogP contribution in [0.2, 0.25) is 0 Å². The van der Waals surface area contributed by atoms with E-state index in [0.717, 1.165) is 12.2 Å². The Morgan fingerprint density at radius 3 is 2.45 bits per heavy atom. The van der Waals surface area contributed by atoms with Gasteiger partial charge in [-0.15, -0.1) is 0 Å². The fourth-order valence-corrected chi connectivity index (χ4v) is 2.48. The molecule has 0 unspecified atom stereocenters. The summed E-state index contributed by atoms with van der Waals surface area (Å²) in [6.45, 7) is 4.61. The number of benzene rings is 1. The molecule has 1 rings (SSSR count). The standard InChI is InChI=1S/C19H33NO2/c1-2-3-4-5-6-7-8-10-18-11-9-12-19(17-18)22-16-15-21-14-13-20/h9,11-12,17H,2-8,10,13-16,20H2,1H3. The average molecular weight is 307 g/mol. The first-order chi connectivity index (χ1) is 10.9. The number of hydrogen-bond acceptors (Lipinski definition) is 3. The molecule has 0 aliphatic carbocycles. The lowest BCUT2D eigenvalue weighted by atomic mass is 10.0. The van der Waals surface area contributed by atoms with Crippen molar-refractivity contribution in [2.75, 3.05) is 26.4 Å². The minimum atomic E-state index is 0.563. The van der Waals surface area contributed by atoms with Crippen molar-refractivity contribution in [1.82, 2.24) is 0 Å². The van der Waals surface area contributed by atoms with E-state index in [1.165, 1.54) is 50.5 Å². The maximum absolute atomic E-state index is 5.70. The van der Waals surface area contributed by atoms with Crippen molar-refractivity contribution in [3.63, 3.8) is 0 Å². The first-order valence-corrected chi connectivity index (χ1v) is 8.86. The smallest absolute Gasteiger partial charge is 0.119 e. The molecular formula is C19H33NO2. The highest BCUT2D eigenvalue weighted by molar-refractivity contribution is 5.28. The van der Waals surface area contributed by atoms with Gasteiger partial charge in [0.1, 0.15) is 12.4 Å². The molecule has 126 valence electrons. The molecule has 3 heteroatoms. The van der Waals surface area contributed by atoms with E-state index >= 15 is 0 Å². The molecule has 0 saturated carbocycles. The Balaban J connectivity index is 2.12. The van der Waals surface area contributed by atoms with Crippen LogP contribution in [0.1, 0.15) is 57.4 Å². The predicted octanol–water partition coefficient (Wildman–Crippen LogP) is 4.33. The van der Waals surface area contributed by atoms with Gasteiger partial charge in [-0.25, -0.2) is 0 Å². The maximum atomic E-state index is 5.70. The molecule has 22 heavy (non-hydrogen) atoms. The summed E-state index contributed by atoms with van der Waals surface area (Å²) in [5, 5.41) is 0. The Bertz CT molecular complexity index is 368. The average Bonchev–Trinajstić information content (AvgIpc) is 2.54. The van der Waals surface area contributed by atoms with Crippen LogP contribution in [-0.4, -0.2) is 26.4 Å². The van der Waals surface area contributed by atoms with E-state index in [2.05, 4.69) is 25.1 Å². The summed E-state index contributed by atoms with van der Waals surface area (Å²) in [4.78, 5) is 0. The molecule has 0 heterocycles. The molecule has 2 N–H and O–H groups in total. The third kappa shape index (κ3) is 9.80. The zero-order chi connectivity index (χ0) is 15.9. The number of rotatable bonds is 14. The second-order valence-corrected chi connectivity index (χ2v) is 5.77. The highest BCUT2D eigenvalue weighted by atomic mass is 16.5. The Hall–Kier alpha value is -1.06. The van der Waals surface area contributed by atoms with Crippen LogP contribution in [0.5, 0.6) is 5.75 Å². The van der Waals surface area contributed by atoms with Crippen molar-refractivity contribution in [3.8, 4) is 5.75 Å². The predicted molar refractivity (Wildman–Crippen MR) is 93.5 cm³/mol. The lowest BCUT2D eigenvalue weighted by Crippen LogP contribution is -2.13. The van der Waals surface area contributed by atoms with Crippen molar-refractivity contribution in [2.45, 2.75) is 58.3 Å². The molecule has 0 saturated heterocycles. The van der Waals surface area contributed by atoms with Crippen LogP contribution in [0.25, 0.3) is 0 Å². The quantitative estimate of drug-likeness (QED) is 0.520. The summed E-state index contributed by atoms with van der Waals surface area (Å²) in [7, 11) is 0. The van der Waals surface area contributed by atoms with Crippen LogP contribution >= 0.6 is 0 Å². The van der Waals surface area contributed by atoms with Gasteiger partial charge in [-0.05, 0) is 30.5 Å². The van der Waals surface area contributed by atoms with E-state index in [0.29, 0.717) is 26.4 Å². The number of hydrogen-bond donors (Lipinski definition) is 1. The topological polar surface area (TPSA) is 44.5 Å². The molecule has 1 aromatic carbocycles. The van der Waals surface area contributed by atoms with Gasteiger partial charge in [0.2, 0.25) is 0 Å². The first kappa shape index (κ1) is 19.0. The van der Waals surface area contributed by atoms with Crippen LogP contribution in [0, 0.1) is 0 Å². The van der Waals surface area contributed by atoms with E-state index in [1.807, 2.05) is 6.07 Å². The van der Waals surface area contributed by atoms with Gasteiger partial charge in [-0.2, -0.15) is 0 Å². The van der Waals surface area contributed by atoms with Crippen molar-refractivity contribution in [1.29, 1.82) is 0 Å². The highest BCUT2D eigenvalue weighted by Gasteiger charge is 1.98. The molecule has 0 atom stereocenters. The van der Waals surface area contributed by atoms with Crippen LogP contribution < -0.4 is 10.5 Å². The van der Waals surface area contributed by atoms with Crippen molar-refractivity contribution in [2.24, 2.45) is 5.73 Å². The van der Waals surface area contributed by atoms with Crippen LogP contribution in [0.15, 0.2) is 24.3 Å². The van der Waals surface area contributed by atoms with Gasteiger partial charge >= 0.3 is 0 Å². The first-order valence-electron chi connectivity index (χ1n) is 8.86. The molecular weight excluding hydrogens is 274 g/mol. The Morgan fingerprint density at radius 1 is 0.909 bits per heavy atom. The molecule has 0 bridgehead atoms. The molecule has 0 radical (unpaired) electrons. The normalized spacial score (nSPS) is 10.8. The summed E-state index contributed by atoms with van der Waals surface area (Å²) in [6, 6.07) is 8.43. The molecule has 0 aliphatic rings. The monoisotopic (exact) mass is 307 g/mol. The summed E-state index contributed by atoms with van der Waals surface area (Å²) in [5.74, 6) is 0.941. The van der Waals surface area contributed by atoms with Gasteiger partial charge in [-0.3, -0.25) is 0 Å². The van der Waals surface area contributed by atoms with E-state index < -0.39 is 0 Å². The molecule has 0 fully saturated rings. The summed E-state index contributed by atoms with van der Waals surface area (Å²) < 4.78 is 11.0. The van der Waals surface area contributed by atoms with E-state index in [9.17, 15) is 0 Å². The van der Waals surface area contributed by atoms with E-state index in [4.69, 9.17) is 15.2 Å². The van der Waals surface area contributed by atoms with E-state index in [-0.39, 0.29) is 0 Å². The zero-order valence-electron chi connectivity index (χ0n) is 14.2. The lowest BCUT2D eigenvalue weighted by Gasteiger charge is -2.08. The summed E-state index contributed by atoms with van der Waals surface area (Å²) >= 11 is 0. The fourth-order valence-electron chi connectivity index (χ4n) is 2.48. The SMILES string of the molecule is CCCCCCCCCc1cccc(OCCOCCN)c1. The number of ether oxygens (including phenoxy) is 2. The molecule has 0 aliphatic heterocycles.